The molecule has 1 fully saturated rings. The average Bonchev–Trinajstić information content (AvgIpc) is 1.87. The first-order chi connectivity index (χ1) is 3.29. The summed E-state index contributed by atoms with van der Waals surface area (Å²) in [5.41, 5.74) is 0. The summed E-state index contributed by atoms with van der Waals surface area (Å²) in [4.78, 5) is 9.98. The Morgan fingerprint density at radius 2 is 2.57 bits per heavy atom. The van der Waals surface area contributed by atoms with Gasteiger partial charge in [0, 0.05) is 0 Å². The molecule has 0 spiro atoms. The van der Waals surface area contributed by atoms with Gasteiger partial charge in [-0.15, -0.1) is 0 Å². The Labute approximate surface area is 48.7 Å². The molecule has 3 nitrogen and oxygen atoms in total. The third-order valence-corrected chi connectivity index (χ3v) is 1.01. The number of hydrogen-bond donors (Lipinski definition) is 0. The van der Waals surface area contributed by atoms with E-state index < -0.39 is 6.16 Å². The van der Waals surface area contributed by atoms with Gasteiger partial charge in [0.25, 0.3) is 0 Å². The van der Waals surface area contributed by atoms with Crippen LogP contribution >= 0.6 is 15.9 Å². The maximum absolute atomic E-state index is 9.98. The highest BCUT2D eigenvalue weighted by atomic mass is 79.9. The van der Waals surface area contributed by atoms with E-state index in [4.69, 9.17) is 0 Å². The van der Waals surface area contributed by atoms with Crippen molar-refractivity contribution in [3.63, 3.8) is 0 Å². The minimum absolute atomic E-state index is 0.236. The number of halogens is 1. The number of hydrogen-bond acceptors (Lipinski definition) is 3. The summed E-state index contributed by atoms with van der Waals surface area (Å²) in [5.74, 6) is 0. The zero-order valence-electron chi connectivity index (χ0n) is 3.39. The summed E-state index contributed by atoms with van der Waals surface area (Å²) in [6, 6.07) is 0. The van der Waals surface area contributed by atoms with Crippen molar-refractivity contribution in [2.75, 3.05) is 6.61 Å². The molecular weight excluding hydrogens is 164 g/mol. The summed E-state index contributed by atoms with van der Waals surface area (Å²) in [6.45, 7) is 0.318. The highest BCUT2D eigenvalue weighted by Crippen LogP contribution is 2.10. The number of alkyl halides is 1. The molecule has 0 radical (unpaired) electrons. The molecule has 0 aromatic rings. The van der Waals surface area contributed by atoms with Crippen LogP contribution in [0.4, 0.5) is 4.79 Å². The fourth-order valence-electron chi connectivity index (χ4n) is 0.306. The summed E-state index contributed by atoms with van der Waals surface area (Å²) in [7, 11) is 0. The van der Waals surface area contributed by atoms with Crippen LogP contribution in [0.15, 0.2) is 0 Å². The molecule has 0 N–H and O–H groups in total. The van der Waals surface area contributed by atoms with Crippen molar-refractivity contribution in [3.8, 4) is 0 Å². The lowest BCUT2D eigenvalue weighted by Crippen LogP contribution is -1.96. The maximum atomic E-state index is 9.98. The zero-order chi connectivity index (χ0) is 5.28. The van der Waals surface area contributed by atoms with Gasteiger partial charge in [-0.3, -0.25) is 0 Å². The van der Waals surface area contributed by atoms with Crippen molar-refractivity contribution in [2.45, 2.75) is 5.01 Å². The highest BCUT2D eigenvalue weighted by molar-refractivity contribution is 9.09. The van der Waals surface area contributed by atoms with Gasteiger partial charge in [-0.2, -0.15) is 0 Å². The lowest BCUT2D eigenvalue weighted by Gasteiger charge is -1.87. The van der Waals surface area contributed by atoms with Crippen LogP contribution in [0, 0.1) is 0 Å². The van der Waals surface area contributed by atoms with Gasteiger partial charge >= 0.3 is 6.16 Å². The molecule has 40 valence electrons. The van der Waals surface area contributed by atoms with E-state index in [9.17, 15) is 4.79 Å². The number of cyclic esters (lactones) is 2. The van der Waals surface area contributed by atoms with Gasteiger partial charge in [0.05, 0.1) is 0 Å². The lowest BCUT2D eigenvalue weighted by molar-refractivity contribution is 0.129. The summed E-state index contributed by atoms with van der Waals surface area (Å²) < 4.78 is 8.77. The van der Waals surface area contributed by atoms with E-state index in [1.54, 1.807) is 0 Å². The number of carbonyl (C=O) groups excluding carboxylic acids is 1. The van der Waals surface area contributed by atoms with Gasteiger partial charge in [-0.1, -0.05) is 0 Å². The number of ether oxygens (including phenoxy) is 2. The second-order valence-electron chi connectivity index (χ2n) is 1.09. The van der Waals surface area contributed by atoms with Gasteiger partial charge in [0.2, 0.25) is 0 Å². The minimum atomic E-state index is -0.595. The molecule has 0 aromatic heterocycles. The van der Waals surface area contributed by atoms with Gasteiger partial charge < -0.3 is 9.47 Å². The highest BCUT2D eigenvalue weighted by Gasteiger charge is 2.20. The monoisotopic (exact) mass is 166 g/mol. The van der Waals surface area contributed by atoms with E-state index in [-0.39, 0.29) is 5.01 Å². The molecule has 1 aliphatic heterocycles. The van der Waals surface area contributed by atoms with Crippen molar-refractivity contribution in [2.24, 2.45) is 0 Å². The van der Waals surface area contributed by atoms with Crippen LogP contribution in [-0.4, -0.2) is 17.8 Å². The molecule has 0 saturated carbocycles. The van der Waals surface area contributed by atoms with Crippen LogP contribution in [0.3, 0.4) is 0 Å². The van der Waals surface area contributed by atoms with E-state index in [0.29, 0.717) is 6.61 Å². The predicted octanol–water partition coefficient (Wildman–Crippen LogP) is 0.874. The Morgan fingerprint density at radius 1 is 1.86 bits per heavy atom. The molecule has 0 aliphatic carbocycles. The summed E-state index contributed by atoms with van der Waals surface area (Å²) in [5, 5.41) is -0.236. The molecule has 0 aromatic carbocycles. The SMILES string of the molecule is O=C1OCC(Br)O1. The fourth-order valence-corrected chi connectivity index (χ4v) is 0.591. The third kappa shape index (κ3) is 1.06. The molecular formula is C3H3BrO3. The Morgan fingerprint density at radius 3 is 2.71 bits per heavy atom. The van der Waals surface area contributed by atoms with Crippen molar-refractivity contribution >= 4 is 22.1 Å². The van der Waals surface area contributed by atoms with Crippen molar-refractivity contribution < 1.29 is 14.3 Å². The molecule has 1 heterocycles. The van der Waals surface area contributed by atoms with Crippen molar-refractivity contribution in [1.29, 1.82) is 0 Å². The zero-order valence-corrected chi connectivity index (χ0v) is 4.97. The van der Waals surface area contributed by atoms with Crippen LogP contribution in [0.2, 0.25) is 0 Å². The largest absolute Gasteiger partial charge is 0.509 e. The standard InChI is InChI=1S/C3H3BrO3/c4-2-1-6-3(5)7-2/h2H,1H2. The topological polar surface area (TPSA) is 35.5 Å². The van der Waals surface area contributed by atoms with Crippen LogP contribution < -0.4 is 0 Å². The van der Waals surface area contributed by atoms with Crippen molar-refractivity contribution in [3.05, 3.63) is 0 Å². The summed E-state index contributed by atoms with van der Waals surface area (Å²) in [6.07, 6.45) is -0.595. The van der Waals surface area contributed by atoms with E-state index >= 15 is 0 Å². The van der Waals surface area contributed by atoms with E-state index in [0.717, 1.165) is 0 Å². The summed E-state index contributed by atoms with van der Waals surface area (Å²) >= 11 is 3.01. The van der Waals surface area contributed by atoms with E-state index in [1.165, 1.54) is 0 Å². The molecule has 1 rings (SSSR count). The van der Waals surface area contributed by atoms with Crippen molar-refractivity contribution in [1.82, 2.24) is 0 Å². The van der Waals surface area contributed by atoms with Crippen LogP contribution in [0.5, 0.6) is 0 Å². The van der Waals surface area contributed by atoms with Gasteiger partial charge in [-0.25, -0.2) is 4.79 Å². The number of carbonyl (C=O) groups is 1. The third-order valence-electron chi connectivity index (χ3n) is 0.556. The van der Waals surface area contributed by atoms with Gasteiger partial charge in [-0.05, 0) is 15.9 Å². The number of rotatable bonds is 0. The van der Waals surface area contributed by atoms with E-state index in [2.05, 4.69) is 25.4 Å². The molecule has 1 atom stereocenters. The molecule has 7 heavy (non-hydrogen) atoms. The first kappa shape index (κ1) is 4.90. The Kier molecular flexibility index (Phi) is 1.19. The van der Waals surface area contributed by atoms with Crippen LogP contribution in [0.1, 0.15) is 0 Å². The molecule has 0 bridgehead atoms. The molecule has 0 amide bonds. The Balaban J connectivity index is 2.40. The maximum Gasteiger partial charge on any atom is 0.509 e. The second kappa shape index (κ2) is 1.69. The quantitative estimate of drug-likeness (QED) is 0.396. The Hall–Kier alpha value is -0.250. The Bertz CT molecular complexity index is 92.2. The average molecular weight is 167 g/mol. The second-order valence-corrected chi connectivity index (χ2v) is 2.11. The first-order valence-electron chi connectivity index (χ1n) is 1.76. The smallest absolute Gasteiger partial charge is 0.429 e. The van der Waals surface area contributed by atoms with Gasteiger partial charge in [0.1, 0.15) is 6.61 Å². The molecule has 1 saturated heterocycles. The van der Waals surface area contributed by atoms with Crippen LogP contribution in [0.25, 0.3) is 0 Å². The lowest BCUT2D eigenvalue weighted by atomic mass is 10.8. The van der Waals surface area contributed by atoms with E-state index in [1.807, 2.05) is 0 Å². The fraction of sp³-hybridized carbons (Fsp3) is 0.667. The normalized spacial score (nSPS) is 29.3. The molecule has 1 unspecified atom stereocenters. The van der Waals surface area contributed by atoms with Crippen LogP contribution in [-0.2, 0) is 9.47 Å². The predicted molar refractivity (Wildman–Crippen MR) is 25.1 cm³/mol. The molecule has 1 aliphatic rings. The molecule has 4 heteroatoms. The first-order valence-corrected chi connectivity index (χ1v) is 2.68. The van der Waals surface area contributed by atoms with Gasteiger partial charge in [0.15, 0.2) is 5.01 Å². The minimum Gasteiger partial charge on any atom is -0.429 e.